The summed E-state index contributed by atoms with van der Waals surface area (Å²) in [6.45, 7) is 8.77. The monoisotopic (exact) mass is 326 g/mol. The maximum absolute atomic E-state index is 6.30. The van der Waals surface area contributed by atoms with Gasteiger partial charge >= 0.3 is 8.80 Å². The highest BCUT2D eigenvalue weighted by atomic mass is 28.4. The van der Waals surface area contributed by atoms with E-state index < -0.39 is 8.80 Å². The lowest BCUT2D eigenvalue weighted by molar-refractivity contribution is 0.0642. The van der Waals surface area contributed by atoms with Gasteiger partial charge in [0.05, 0.1) is 0 Å². The summed E-state index contributed by atoms with van der Waals surface area (Å²) in [5.74, 6) is 0. The first-order valence-corrected chi connectivity index (χ1v) is 10.8. The molecule has 0 bridgehead atoms. The third-order valence-corrected chi connectivity index (χ3v) is 6.73. The zero-order valence-corrected chi connectivity index (χ0v) is 15.7. The SMILES string of the molecule is CCCCO[Si](OCCCC)(OCCCC)C1=CC=CCC1. The van der Waals surface area contributed by atoms with Crippen molar-refractivity contribution in [3.8, 4) is 0 Å². The Morgan fingerprint density at radius 1 is 0.864 bits per heavy atom. The van der Waals surface area contributed by atoms with Crippen LogP contribution in [-0.4, -0.2) is 28.6 Å². The molecule has 0 aromatic heterocycles. The Hall–Kier alpha value is -0.423. The molecule has 0 aromatic rings. The van der Waals surface area contributed by atoms with Crippen molar-refractivity contribution in [3.05, 3.63) is 23.4 Å². The number of rotatable bonds is 13. The summed E-state index contributed by atoms with van der Waals surface area (Å²) in [5.41, 5.74) is 0. The number of allylic oxidation sites excluding steroid dienone is 4. The molecule has 1 aliphatic rings. The smallest absolute Gasteiger partial charge is 0.370 e. The van der Waals surface area contributed by atoms with Crippen LogP contribution in [0.1, 0.15) is 72.1 Å². The molecule has 4 heteroatoms. The maximum Gasteiger partial charge on any atom is 0.533 e. The van der Waals surface area contributed by atoms with Crippen LogP contribution >= 0.6 is 0 Å². The molecular formula is C18H34O3Si. The second-order valence-electron chi connectivity index (χ2n) is 5.82. The molecule has 0 atom stereocenters. The summed E-state index contributed by atoms with van der Waals surface area (Å²) >= 11 is 0. The van der Waals surface area contributed by atoms with Crippen LogP contribution < -0.4 is 0 Å². The van der Waals surface area contributed by atoms with Crippen LogP contribution in [-0.2, 0) is 13.3 Å². The van der Waals surface area contributed by atoms with Gasteiger partial charge in [-0.15, -0.1) is 0 Å². The molecule has 0 aromatic carbocycles. The molecule has 0 N–H and O–H groups in total. The molecule has 1 rings (SSSR count). The summed E-state index contributed by atoms with van der Waals surface area (Å²) in [6.07, 6.45) is 15.1. The molecule has 3 nitrogen and oxygen atoms in total. The number of hydrogen-bond acceptors (Lipinski definition) is 3. The Morgan fingerprint density at radius 2 is 1.36 bits per heavy atom. The molecule has 0 heterocycles. The fourth-order valence-electron chi connectivity index (χ4n) is 2.31. The summed E-state index contributed by atoms with van der Waals surface area (Å²) in [5, 5.41) is 1.26. The molecule has 0 fully saturated rings. The Labute approximate surface area is 138 Å². The van der Waals surface area contributed by atoms with E-state index in [4.69, 9.17) is 13.3 Å². The molecule has 0 saturated heterocycles. The summed E-state index contributed by atoms with van der Waals surface area (Å²) in [7, 11) is -2.70. The van der Waals surface area contributed by atoms with Gasteiger partial charge in [-0.2, -0.15) is 0 Å². The van der Waals surface area contributed by atoms with Gasteiger partial charge in [0.2, 0.25) is 0 Å². The van der Waals surface area contributed by atoms with Crippen molar-refractivity contribution >= 4 is 8.80 Å². The minimum atomic E-state index is -2.70. The first-order chi connectivity index (χ1) is 10.8. The molecule has 22 heavy (non-hydrogen) atoms. The average Bonchev–Trinajstić information content (AvgIpc) is 2.56. The van der Waals surface area contributed by atoms with E-state index in [0.29, 0.717) is 0 Å². The molecule has 1 aliphatic carbocycles. The summed E-state index contributed by atoms with van der Waals surface area (Å²) in [6, 6.07) is 0. The number of hydrogen-bond donors (Lipinski definition) is 0. The van der Waals surface area contributed by atoms with Gasteiger partial charge in [0.15, 0.2) is 0 Å². The van der Waals surface area contributed by atoms with E-state index in [1.54, 1.807) is 0 Å². The molecule has 0 amide bonds. The van der Waals surface area contributed by atoms with Gasteiger partial charge in [-0.05, 0) is 32.1 Å². The fraction of sp³-hybridized carbons (Fsp3) is 0.778. The van der Waals surface area contributed by atoms with Crippen molar-refractivity contribution in [1.82, 2.24) is 0 Å². The van der Waals surface area contributed by atoms with Crippen molar-refractivity contribution in [2.45, 2.75) is 72.1 Å². The molecule has 128 valence electrons. The molecule has 0 radical (unpaired) electrons. The summed E-state index contributed by atoms with van der Waals surface area (Å²) in [4.78, 5) is 0. The Morgan fingerprint density at radius 3 is 1.73 bits per heavy atom. The largest absolute Gasteiger partial charge is 0.533 e. The minimum Gasteiger partial charge on any atom is -0.370 e. The third kappa shape index (κ3) is 6.78. The van der Waals surface area contributed by atoms with Crippen molar-refractivity contribution in [3.63, 3.8) is 0 Å². The van der Waals surface area contributed by atoms with Crippen molar-refractivity contribution < 1.29 is 13.3 Å². The van der Waals surface area contributed by atoms with Gasteiger partial charge in [-0.3, -0.25) is 0 Å². The van der Waals surface area contributed by atoms with E-state index in [0.717, 1.165) is 71.2 Å². The molecule has 0 unspecified atom stereocenters. The van der Waals surface area contributed by atoms with Gasteiger partial charge in [-0.25, -0.2) is 0 Å². The Kier molecular flexibility index (Phi) is 10.8. The topological polar surface area (TPSA) is 27.7 Å². The first-order valence-electron chi connectivity index (χ1n) is 9.07. The lowest BCUT2D eigenvalue weighted by Crippen LogP contribution is -2.49. The van der Waals surface area contributed by atoms with E-state index in [1.807, 2.05) is 0 Å². The van der Waals surface area contributed by atoms with Crippen LogP contribution in [0.15, 0.2) is 23.4 Å². The van der Waals surface area contributed by atoms with Gasteiger partial charge < -0.3 is 13.3 Å². The van der Waals surface area contributed by atoms with Crippen LogP contribution in [0, 0.1) is 0 Å². The molecule has 0 spiro atoms. The Bertz CT molecular complexity index is 313. The highest BCUT2D eigenvalue weighted by Crippen LogP contribution is 2.28. The van der Waals surface area contributed by atoms with Crippen molar-refractivity contribution in [2.75, 3.05) is 19.8 Å². The van der Waals surface area contributed by atoms with E-state index >= 15 is 0 Å². The van der Waals surface area contributed by atoms with Gasteiger partial charge in [0.25, 0.3) is 0 Å². The maximum atomic E-state index is 6.30. The molecular weight excluding hydrogens is 292 g/mol. The Balaban J connectivity index is 2.82. The zero-order chi connectivity index (χ0) is 16.1. The predicted octanol–water partition coefficient (Wildman–Crippen LogP) is 5.19. The van der Waals surface area contributed by atoms with Crippen molar-refractivity contribution in [1.29, 1.82) is 0 Å². The van der Waals surface area contributed by atoms with Crippen LogP contribution in [0.25, 0.3) is 0 Å². The standard InChI is InChI=1S/C18H34O3Si/c1-4-7-15-19-22(20-16-8-5-2,21-17-9-6-3)18-13-11-10-12-14-18/h10-11,13H,4-9,12,14-17H2,1-3H3. The highest BCUT2D eigenvalue weighted by Gasteiger charge is 2.45. The average molecular weight is 327 g/mol. The molecule has 0 aliphatic heterocycles. The second-order valence-corrected chi connectivity index (χ2v) is 8.44. The third-order valence-electron chi connectivity index (χ3n) is 3.78. The van der Waals surface area contributed by atoms with Gasteiger partial charge in [0, 0.05) is 25.0 Å². The summed E-state index contributed by atoms with van der Waals surface area (Å²) < 4.78 is 18.9. The lowest BCUT2D eigenvalue weighted by Gasteiger charge is -2.32. The molecule has 0 saturated carbocycles. The van der Waals surface area contributed by atoms with E-state index in [1.165, 1.54) is 5.20 Å². The van der Waals surface area contributed by atoms with E-state index in [9.17, 15) is 0 Å². The quantitative estimate of drug-likeness (QED) is 0.344. The minimum absolute atomic E-state index is 0.738. The second kappa shape index (κ2) is 12.1. The first kappa shape index (κ1) is 19.6. The van der Waals surface area contributed by atoms with Crippen LogP contribution in [0.2, 0.25) is 0 Å². The highest BCUT2D eigenvalue weighted by molar-refractivity contribution is 6.68. The van der Waals surface area contributed by atoms with E-state index in [-0.39, 0.29) is 0 Å². The van der Waals surface area contributed by atoms with Gasteiger partial charge in [0.1, 0.15) is 0 Å². The lowest BCUT2D eigenvalue weighted by atomic mass is 10.2. The van der Waals surface area contributed by atoms with Crippen LogP contribution in [0.5, 0.6) is 0 Å². The van der Waals surface area contributed by atoms with E-state index in [2.05, 4.69) is 39.0 Å². The van der Waals surface area contributed by atoms with Gasteiger partial charge in [-0.1, -0.05) is 58.3 Å². The zero-order valence-electron chi connectivity index (χ0n) is 14.7. The van der Waals surface area contributed by atoms with Crippen molar-refractivity contribution in [2.24, 2.45) is 0 Å². The number of unbranched alkanes of at least 4 members (excludes halogenated alkanes) is 3. The predicted molar refractivity (Wildman–Crippen MR) is 94.8 cm³/mol. The fourth-order valence-corrected chi connectivity index (χ4v) is 5.11. The van der Waals surface area contributed by atoms with Crippen LogP contribution in [0.4, 0.5) is 0 Å². The van der Waals surface area contributed by atoms with Crippen LogP contribution in [0.3, 0.4) is 0 Å². The normalized spacial score (nSPS) is 15.1.